The summed E-state index contributed by atoms with van der Waals surface area (Å²) in [5, 5.41) is 2.89. The fraction of sp³-hybridized carbons (Fsp3) is 0.318. The van der Waals surface area contributed by atoms with Crippen molar-refractivity contribution in [1.29, 1.82) is 0 Å². The Labute approximate surface area is 156 Å². The van der Waals surface area contributed by atoms with Crippen LogP contribution in [0.1, 0.15) is 33.3 Å². The van der Waals surface area contributed by atoms with Gasteiger partial charge >= 0.3 is 0 Å². The fourth-order valence-corrected chi connectivity index (χ4v) is 2.66. The van der Waals surface area contributed by atoms with Crippen molar-refractivity contribution in [2.24, 2.45) is 0 Å². The summed E-state index contributed by atoms with van der Waals surface area (Å²) >= 11 is 0. The zero-order valence-electron chi connectivity index (χ0n) is 16.0. The van der Waals surface area contributed by atoms with Crippen LogP contribution in [0.3, 0.4) is 0 Å². The molecule has 0 atom stereocenters. The first-order valence-electron chi connectivity index (χ1n) is 9.12. The summed E-state index contributed by atoms with van der Waals surface area (Å²) < 4.78 is 5.67. The molecule has 0 unspecified atom stereocenters. The normalized spacial score (nSPS) is 11.0. The van der Waals surface area contributed by atoms with Crippen molar-refractivity contribution in [2.45, 2.75) is 33.8 Å². The number of nitrogens with zero attached hydrogens (tertiary/aromatic N) is 1. The summed E-state index contributed by atoms with van der Waals surface area (Å²) in [6.07, 6.45) is 3.44. The first-order chi connectivity index (χ1) is 12.5. The molecule has 0 saturated heterocycles. The number of hydrogen-bond donors (Lipinski definition) is 1. The highest BCUT2D eigenvalue weighted by Gasteiger charge is 2.03. The van der Waals surface area contributed by atoms with Crippen molar-refractivity contribution in [3.05, 3.63) is 60.2 Å². The van der Waals surface area contributed by atoms with Gasteiger partial charge in [-0.1, -0.05) is 12.1 Å². The first-order valence-corrected chi connectivity index (χ1v) is 9.12. The van der Waals surface area contributed by atoms with Crippen LogP contribution in [0.4, 0.5) is 11.4 Å². The number of rotatable bonds is 8. The first kappa shape index (κ1) is 19.6. The Morgan fingerprint density at radius 1 is 1.12 bits per heavy atom. The van der Waals surface area contributed by atoms with Gasteiger partial charge in [0.05, 0.1) is 6.10 Å². The number of carbonyl (C=O) groups is 1. The summed E-state index contributed by atoms with van der Waals surface area (Å²) in [6.45, 7) is 10.2. The molecule has 0 heterocycles. The van der Waals surface area contributed by atoms with Gasteiger partial charge in [-0.3, -0.25) is 4.79 Å². The molecule has 0 aromatic heterocycles. The second-order valence-electron chi connectivity index (χ2n) is 6.28. The molecule has 1 amide bonds. The molecular weight excluding hydrogens is 324 g/mol. The van der Waals surface area contributed by atoms with E-state index in [9.17, 15) is 4.79 Å². The molecule has 4 nitrogen and oxygen atoms in total. The molecule has 2 aromatic carbocycles. The molecule has 0 saturated carbocycles. The molecule has 2 rings (SSSR count). The van der Waals surface area contributed by atoms with Gasteiger partial charge in [0.25, 0.3) is 0 Å². The second-order valence-corrected chi connectivity index (χ2v) is 6.28. The lowest BCUT2D eigenvalue weighted by molar-refractivity contribution is -0.111. The molecule has 0 fully saturated rings. The second kappa shape index (κ2) is 9.66. The molecule has 138 valence electrons. The lowest BCUT2D eigenvalue weighted by atomic mass is 10.2. The van der Waals surface area contributed by atoms with Crippen LogP contribution in [0.5, 0.6) is 5.75 Å². The van der Waals surface area contributed by atoms with Crippen LogP contribution in [0.25, 0.3) is 6.08 Å². The molecule has 1 N–H and O–H groups in total. The Bertz CT molecular complexity index is 732. The Morgan fingerprint density at radius 3 is 2.42 bits per heavy atom. The Morgan fingerprint density at radius 2 is 1.81 bits per heavy atom. The molecule has 2 aromatic rings. The third-order valence-electron chi connectivity index (χ3n) is 3.92. The number of carbonyl (C=O) groups excluding carboxylic acids is 1. The molecule has 0 aliphatic carbocycles. The van der Waals surface area contributed by atoms with Crippen molar-refractivity contribution in [3.8, 4) is 5.75 Å². The van der Waals surface area contributed by atoms with Crippen molar-refractivity contribution in [1.82, 2.24) is 0 Å². The maximum absolute atomic E-state index is 12.1. The van der Waals surface area contributed by atoms with Gasteiger partial charge in [0.15, 0.2) is 0 Å². The number of hydrogen-bond acceptors (Lipinski definition) is 3. The van der Waals surface area contributed by atoms with E-state index in [4.69, 9.17) is 4.74 Å². The number of amides is 1. The zero-order valence-corrected chi connectivity index (χ0v) is 16.0. The van der Waals surface area contributed by atoms with Crippen LogP contribution in [0.15, 0.2) is 54.6 Å². The van der Waals surface area contributed by atoms with Gasteiger partial charge in [-0.25, -0.2) is 0 Å². The van der Waals surface area contributed by atoms with Gasteiger partial charge in [0.2, 0.25) is 5.91 Å². The van der Waals surface area contributed by atoms with Crippen molar-refractivity contribution >= 4 is 23.4 Å². The molecule has 0 aliphatic rings. The van der Waals surface area contributed by atoms with E-state index >= 15 is 0 Å². The van der Waals surface area contributed by atoms with Crippen LogP contribution in [0.2, 0.25) is 0 Å². The van der Waals surface area contributed by atoms with Crippen molar-refractivity contribution < 1.29 is 9.53 Å². The highest BCUT2D eigenvalue weighted by Crippen LogP contribution is 2.18. The summed E-state index contributed by atoms with van der Waals surface area (Å²) in [5.41, 5.74) is 2.87. The summed E-state index contributed by atoms with van der Waals surface area (Å²) in [7, 11) is 0. The Balaban J connectivity index is 1.97. The predicted octanol–water partition coefficient (Wildman–Crippen LogP) is 4.97. The van der Waals surface area contributed by atoms with Crippen molar-refractivity contribution in [2.75, 3.05) is 23.3 Å². The molecule has 0 bridgehead atoms. The summed E-state index contributed by atoms with van der Waals surface area (Å²) in [6, 6.07) is 15.6. The quantitative estimate of drug-likeness (QED) is 0.682. The molecule has 4 heteroatoms. The predicted molar refractivity (Wildman–Crippen MR) is 110 cm³/mol. The van der Waals surface area contributed by atoms with E-state index in [1.54, 1.807) is 6.08 Å². The van der Waals surface area contributed by atoms with Gasteiger partial charge in [-0.2, -0.15) is 0 Å². The molecule has 26 heavy (non-hydrogen) atoms. The van der Waals surface area contributed by atoms with E-state index in [0.29, 0.717) is 0 Å². The third kappa shape index (κ3) is 5.96. The minimum atomic E-state index is -0.157. The van der Waals surface area contributed by atoms with E-state index in [0.717, 1.165) is 35.8 Å². The smallest absolute Gasteiger partial charge is 0.248 e. The lowest BCUT2D eigenvalue weighted by Crippen LogP contribution is -2.21. The van der Waals surface area contributed by atoms with E-state index in [2.05, 4.69) is 24.1 Å². The van der Waals surface area contributed by atoms with Crippen molar-refractivity contribution in [3.63, 3.8) is 0 Å². The monoisotopic (exact) mass is 352 g/mol. The SMILES string of the molecule is CCN(CC)c1ccc(NC(=O)/C=C/c2cccc(OC(C)C)c2)cc1. The van der Waals surface area contributed by atoms with Crippen LogP contribution >= 0.6 is 0 Å². The molecule has 0 aliphatic heterocycles. The average molecular weight is 352 g/mol. The van der Waals surface area contributed by atoms with E-state index in [1.807, 2.05) is 62.4 Å². The summed E-state index contributed by atoms with van der Waals surface area (Å²) in [5.74, 6) is 0.644. The van der Waals surface area contributed by atoms with Gasteiger partial charge in [-0.15, -0.1) is 0 Å². The minimum Gasteiger partial charge on any atom is -0.491 e. The van der Waals surface area contributed by atoms with E-state index in [-0.39, 0.29) is 12.0 Å². The van der Waals surface area contributed by atoms with Gasteiger partial charge in [0, 0.05) is 30.5 Å². The number of ether oxygens (including phenoxy) is 1. The van der Waals surface area contributed by atoms with Gasteiger partial charge in [-0.05, 0) is 75.7 Å². The van der Waals surface area contributed by atoms with Crippen LogP contribution in [0, 0.1) is 0 Å². The average Bonchev–Trinajstić information content (AvgIpc) is 2.62. The zero-order chi connectivity index (χ0) is 18.9. The Hall–Kier alpha value is -2.75. The van der Waals surface area contributed by atoms with E-state index < -0.39 is 0 Å². The third-order valence-corrected chi connectivity index (χ3v) is 3.92. The van der Waals surface area contributed by atoms with Crippen LogP contribution in [-0.4, -0.2) is 25.1 Å². The largest absolute Gasteiger partial charge is 0.491 e. The Kier molecular flexibility index (Phi) is 7.27. The number of nitrogens with one attached hydrogen (secondary N) is 1. The highest BCUT2D eigenvalue weighted by molar-refractivity contribution is 6.02. The maximum Gasteiger partial charge on any atom is 0.248 e. The number of anilines is 2. The van der Waals surface area contributed by atoms with Crippen LogP contribution < -0.4 is 15.0 Å². The maximum atomic E-state index is 12.1. The standard InChI is InChI=1S/C22H28N2O2/c1-5-24(6-2)20-13-11-19(12-14-20)23-22(25)15-10-18-8-7-9-21(16-18)26-17(3)4/h7-17H,5-6H2,1-4H3,(H,23,25)/b15-10+. The fourth-order valence-electron chi connectivity index (χ4n) is 2.66. The number of benzene rings is 2. The van der Waals surface area contributed by atoms with Gasteiger partial charge < -0.3 is 15.0 Å². The van der Waals surface area contributed by atoms with Crippen LogP contribution in [-0.2, 0) is 4.79 Å². The minimum absolute atomic E-state index is 0.122. The highest BCUT2D eigenvalue weighted by atomic mass is 16.5. The molecule has 0 radical (unpaired) electrons. The van der Waals surface area contributed by atoms with Gasteiger partial charge in [0.1, 0.15) is 5.75 Å². The summed E-state index contributed by atoms with van der Waals surface area (Å²) in [4.78, 5) is 14.4. The lowest BCUT2D eigenvalue weighted by Gasteiger charge is -2.21. The molecule has 0 spiro atoms. The molecular formula is C22H28N2O2. The van der Waals surface area contributed by atoms with E-state index in [1.165, 1.54) is 6.08 Å². The topological polar surface area (TPSA) is 41.6 Å².